The Morgan fingerprint density at radius 1 is 0.795 bits per heavy atom. The Balaban J connectivity index is 3.48. The van der Waals surface area contributed by atoms with Crippen molar-refractivity contribution < 1.29 is 9.53 Å². The van der Waals surface area contributed by atoms with Gasteiger partial charge in [0, 0.05) is 23.6 Å². The normalized spacial score (nSPS) is 14.1. The summed E-state index contributed by atoms with van der Waals surface area (Å²) in [6.45, 7) is 20.2. The number of amides is 1. The smallest absolute Gasteiger partial charge is 0.408 e. The molecule has 0 saturated carbocycles. The van der Waals surface area contributed by atoms with Crippen molar-refractivity contribution in [3.05, 3.63) is 12.2 Å². The van der Waals surface area contributed by atoms with Gasteiger partial charge in [0.05, 0.1) is 12.3 Å². The molecular weight excluding hydrogens is 513 g/mol. The molecular formula is C33H70N2O2Si2. The number of ether oxygens (including phenoxy) is 1. The summed E-state index contributed by atoms with van der Waals surface area (Å²) < 4.78 is 5.37. The van der Waals surface area contributed by atoms with Gasteiger partial charge in [0.2, 0.25) is 0 Å². The molecule has 0 saturated heterocycles. The van der Waals surface area contributed by atoms with Gasteiger partial charge in [0.15, 0.2) is 0 Å². The van der Waals surface area contributed by atoms with E-state index < -0.39 is 23.3 Å². The van der Waals surface area contributed by atoms with Crippen LogP contribution in [0.1, 0.15) is 144 Å². The van der Waals surface area contributed by atoms with Gasteiger partial charge in [-0.2, -0.15) is 0 Å². The van der Waals surface area contributed by atoms with Crippen molar-refractivity contribution in [2.24, 2.45) is 0 Å². The standard InChI is InChI=1S/C33H70N2O2Si2/c1-9-31(4)34-33(5,6)35-32(36)37-26-22-18-14-11-10-12-15-19-23-27-38(7)29-39(8)28-24-20-16-13-17-21-25-30(2)3/h31,34,38-39H,2,9-29H2,1,3-8H3,(H,35,36). The Morgan fingerprint density at radius 2 is 1.23 bits per heavy atom. The molecule has 0 rings (SSSR count). The predicted octanol–water partition coefficient (Wildman–Crippen LogP) is 9.91. The number of carbonyl (C=O) groups is 1. The van der Waals surface area contributed by atoms with Crippen molar-refractivity contribution in [3.8, 4) is 0 Å². The molecule has 39 heavy (non-hydrogen) atoms. The van der Waals surface area contributed by atoms with Crippen LogP contribution in [0.4, 0.5) is 4.79 Å². The first kappa shape index (κ1) is 38.4. The van der Waals surface area contributed by atoms with Crippen LogP contribution >= 0.6 is 0 Å². The Kier molecular flexibility index (Phi) is 24.8. The molecule has 0 fully saturated rings. The third-order valence-electron chi connectivity index (χ3n) is 8.06. The molecule has 0 aromatic carbocycles. The Morgan fingerprint density at radius 3 is 1.69 bits per heavy atom. The quantitative estimate of drug-likeness (QED) is 0.0438. The van der Waals surface area contributed by atoms with Crippen molar-refractivity contribution in [2.75, 3.05) is 6.61 Å². The zero-order valence-corrected chi connectivity index (χ0v) is 29.9. The summed E-state index contributed by atoms with van der Waals surface area (Å²) in [6.07, 6.45) is 22.3. The second-order valence-corrected chi connectivity index (χ2v) is 20.8. The van der Waals surface area contributed by atoms with E-state index in [1.54, 1.807) is 17.8 Å². The highest BCUT2D eigenvalue weighted by atomic mass is 28.3. The van der Waals surface area contributed by atoms with Gasteiger partial charge in [0.25, 0.3) is 0 Å². The molecule has 0 heterocycles. The lowest BCUT2D eigenvalue weighted by molar-refractivity contribution is 0.127. The average Bonchev–Trinajstić information content (AvgIpc) is 2.85. The molecule has 0 radical (unpaired) electrons. The number of hydrogen-bond acceptors (Lipinski definition) is 3. The topological polar surface area (TPSA) is 50.4 Å². The zero-order valence-electron chi connectivity index (χ0n) is 27.6. The van der Waals surface area contributed by atoms with Crippen LogP contribution in [0.25, 0.3) is 0 Å². The lowest BCUT2D eigenvalue weighted by Crippen LogP contribution is -2.57. The van der Waals surface area contributed by atoms with Crippen LogP contribution in [0.2, 0.25) is 30.8 Å². The summed E-state index contributed by atoms with van der Waals surface area (Å²) in [5.41, 5.74) is 2.59. The molecule has 3 unspecified atom stereocenters. The fourth-order valence-corrected chi connectivity index (χ4v) is 14.9. The second kappa shape index (κ2) is 25.1. The van der Waals surface area contributed by atoms with E-state index in [1.807, 2.05) is 13.8 Å². The highest BCUT2D eigenvalue weighted by Crippen LogP contribution is 2.17. The highest BCUT2D eigenvalue weighted by molar-refractivity contribution is 6.76. The van der Waals surface area contributed by atoms with Gasteiger partial charge >= 0.3 is 6.09 Å². The molecule has 0 aliphatic rings. The van der Waals surface area contributed by atoms with Gasteiger partial charge < -0.3 is 10.1 Å². The number of hydrogen-bond donors (Lipinski definition) is 2. The lowest BCUT2D eigenvalue weighted by atomic mass is 10.1. The first-order chi connectivity index (χ1) is 18.6. The minimum atomic E-state index is -0.447. The first-order valence-electron chi connectivity index (χ1n) is 16.9. The van der Waals surface area contributed by atoms with E-state index in [0.29, 0.717) is 12.6 Å². The van der Waals surface area contributed by atoms with Crippen molar-refractivity contribution in [1.82, 2.24) is 10.6 Å². The van der Waals surface area contributed by atoms with E-state index in [0.717, 1.165) is 19.3 Å². The van der Waals surface area contributed by atoms with E-state index >= 15 is 0 Å². The molecule has 6 heteroatoms. The molecule has 1 amide bonds. The third kappa shape index (κ3) is 27.3. The van der Waals surface area contributed by atoms with Crippen LogP contribution in [-0.2, 0) is 4.74 Å². The summed E-state index contributed by atoms with van der Waals surface area (Å²) in [5.74, 6) is 0. The molecule has 0 aliphatic heterocycles. The first-order valence-corrected chi connectivity index (χ1v) is 22.5. The number of nitrogens with one attached hydrogen (secondary N) is 2. The van der Waals surface area contributed by atoms with Gasteiger partial charge in [-0.25, -0.2) is 4.79 Å². The van der Waals surface area contributed by atoms with Gasteiger partial charge in [-0.05, 0) is 53.4 Å². The Bertz CT molecular complexity index is 600. The van der Waals surface area contributed by atoms with E-state index in [2.05, 4.69) is 51.1 Å². The molecule has 4 nitrogen and oxygen atoms in total. The maximum atomic E-state index is 12.0. The average molecular weight is 583 g/mol. The number of rotatable bonds is 27. The fourth-order valence-electron chi connectivity index (χ4n) is 5.59. The van der Waals surface area contributed by atoms with E-state index in [4.69, 9.17) is 4.74 Å². The van der Waals surface area contributed by atoms with Crippen LogP contribution in [0.3, 0.4) is 0 Å². The lowest BCUT2D eigenvalue weighted by Gasteiger charge is -2.30. The predicted molar refractivity (Wildman–Crippen MR) is 181 cm³/mol. The summed E-state index contributed by atoms with van der Waals surface area (Å²) >= 11 is 0. The monoisotopic (exact) mass is 582 g/mol. The SMILES string of the molecule is C=C(C)CCCCCCCC[SiH](C)C[SiH](C)CCCCCCCCCCCOC(=O)NC(C)(C)NC(C)CC. The number of alkyl carbamates (subject to hydrolysis) is 1. The van der Waals surface area contributed by atoms with Crippen molar-refractivity contribution in [2.45, 2.75) is 186 Å². The molecule has 2 N–H and O–H groups in total. The van der Waals surface area contributed by atoms with E-state index in [-0.39, 0.29) is 6.09 Å². The fraction of sp³-hybridized carbons (Fsp3) is 0.909. The zero-order chi connectivity index (χ0) is 29.4. The molecule has 0 aromatic heterocycles. The van der Waals surface area contributed by atoms with E-state index in [1.165, 1.54) is 95.5 Å². The van der Waals surface area contributed by atoms with Crippen molar-refractivity contribution >= 4 is 23.7 Å². The summed E-state index contributed by atoms with van der Waals surface area (Å²) in [7, 11) is -0.875. The number of carbonyl (C=O) groups excluding carboxylic acids is 1. The maximum Gasteiger partial charge on any atom is 0.408 e. The summed E-state index contributed by atoms with van der Waals surface area (Å²) in [6, 6.07) is 3.53. The Hall–Kier alpha value is -0.596. The molecule has 232 valence electrons. The maximum absolute atomic E-state index is 12.0. The third-order valence-corrected chi connectivity index (χ3v) is 17.3. The minimum Gasteiger partial charge on any atom is -0.450 e. The molecule has 3 atom stereocenters. The van der Waals surface area contributed by atoms with Crippen LogP contribution in [-0.4, -0.2) is 42.0 Å². The molecule has 0 aliphatic carbocycles. The van der Waals surface area contributed by atoms with Gasteiger partial charge in [0.1, 0.15) is 0 Å². The van der Waals surface area contributed by atoms with Crippen molar-refractivity contribution in [3.63, 3.8) is 0 Å². The number of allylic oxidation sites excluding steroid dienone is 1. The molecule has 0 aromatic rings. The highest BCUT2D eigenvalue weighted by Gasteiger charge is 2.22. The largest absolute Gasteiger partial charge is 0.450 e. The van der Waals surface area contributed by atoms with Gasteiger partial charge in [-0.3, -0.25) is 5.32 Å². The van der Waals surface area contributed by atoms with Gasteiger partial charge in [-0.1, -0.05) is 127 Å². The Labute approximate surface area is 248 Å². The van der Waals surface area contributed by atoms with E-state index in [9.17, 15) is 4.79 Å². The van der Waals surface area contributed by atoms with Crippen LogP contribution in [0, 0.1) is 0 Å². The molecule has 0 spiro atoms. The van der Waals surface area contributed by atoms with Crippen LogP contribution in [0.15, 0.2) is 12.2 Å². The van der Waals surface area contributed by atoms with Crippen LogP contribution < -0.4 is 10.6 Å². The van der Waals surface area contributed by atoms with Gasteiger partial charge in [-0.15, -0.1) is 6.58 Å². The van der Waals surface area contributed by atoms with Crippen molar-refractivity contribution in [1.29, 1.82) is 0 Å². The molecule has 0 bridgehead atoms. The second-order valence-electron chi connectivity index (χ2n) is 13.4. The number of unbranched alkanes of at least 4 members (excludes halogenated alkanes) is 13. The summed E-state index contributed by atoms with van der Waals surface area (Å²) in [4.78, 5) is 12.0. The van der Waals surface area contributed by atoms with Crippen LogP contribution in [0.5, 0.6) is 0 Å². The summed E-state index contributed by atoms with van der Waals surface area (Å²) in [5, 5.41) is 6.32. The minimum absolute atomic E-state index is 0.318.